The van der Waals surface area contributed by atoms with E-state index in [2.05, 4.69) is 0 Å². The van der Waals surface area contributed by atoms with E-state index in [0.717, 1.165) is 6.26 Å². The van der Waals surface area contributed by atoms with Gasteiger partial charge >= 0.3 is 5.97 Å². The molecule has 0 bridgehead atoms. The van der Waals surface area contributed by atoms with Crippen molar-refractivity contribution in [2.24, 2.45) is 5.73 Å². The van der Waals surface area contributed by atoms with Crippen molar-refractivity contribution in [2.75, 3.05) is 6.26 Å². The normalized spacial score (nSPS) is 14.9. The summed E-state index contributed by atoms with van der Waals surface area (Å²) < 4.78 is 20.5. The van der Waals surface area contributed by atoms with Crippen molar-refractivity contribution in [3.8, 4) is 0 Å². The van der Waals surface area contributed by atoms with Crippen LogP contribution in [0.1, 0.15) is 0 Å². The molecule has 5 nitrogen and oxygen atoms in total. The first kappa shape index (κ1) is 8.38. The summed E-state index contributed by atoms with van der Waals surface area (Å²) in [5, 5.41) is 6.22. The van der Waals surface area contributed by atoms with Crippen LogP contribution >= 0.6 is 0 Å². The van der Waals surface area contributed by atoms with E-state index < -0.39 is 21.2 Å². The maximum Gasteiger partial charge on any atom is 0.336 e. The van der Waals surface area contributed by atoms with E-state index in [0.29, 0.717) is 0 Å². The van der Waals surface area contributed by atoms with Gasteiger partial charge in [0.25, 0.3) is 0 Å². The number of carbonyl (C=O) groups is 1. The molecule has 0 spiro atoms. The summed E-state index contributed by atoms with van der Waals surface area (Å²) in [6.07, 6.45) is 0.770. The molecule has 3 N–H and O–H groups in total. The standard InChI is InChI=1S/C3H7NO4S/c1-9(7,8)2(4)3(5)6/h2H,4H2,1H3,(H,5,6). The van der Waals surface area contributed by atoms with Crippen LogP contribution in [0.5, 0.6) is 0 Å². The van der Waals surface area contributed by atoms with Crippen LogP contribution in [0.2, 0.25) is 0 Å². The smallest absolute Gasteiger partial charge is 0.336 e. The van der Waals surface area contributed by atoms with Crippen LogP contribution in [0.25, 0.3) is 0 Å². The summed E-state index contributed by atoms with van der Waals surface area (Å²) in [5.74, 6) is -1.53. The van der Waals surface area contributed by atoms with E-state index in [4.69, 9.17) is 10.8 Å². The van der Waals surface area contributed by atoms with Crippen LogP contribution in [0, 0.1) is 0 Å². The zero-order valence-electron chi connectivity index (χ0n) is 4.73. The minimum Gasteiger partial charge on any atom is -0.479 e. The molecule has 0 aliphatic heterocycles. The lowest BCUT2D eigenvalue weighted by atomic mass is 10.7. The van der Waals surface area contributed by atoms with E-state index in [-0.39, 0.29) is 0 Å². The molecule has 0 saturated carbocycles. The summed E-state index contributed by atoms with van der Waals surface area (Å²) >= 11 is 0. The molecular formula is C3H7NO4S. The molecule has 0 fully saturated rings. The molecule has 0 aliphatic carbocycles. The Morgan fingerprint density at radius 3 is 2.00 bits per heavy atom. The lowest BCUT2D eigenvalue weighted by Crippen LogP contribution is -2.37. The lowest BCUT2D eigenvalue weighted by molar-refractivity contribution is -0.136. The number of rotatable bonds is 2. The van der Waals surface area contributed by atoms with Crippen molar-refractivity contribution in [1.82, 2.24) is 0 Å². The maximum atomic E-state index is 10.3. The van der Waals surface area contributed by atoms with Gasteiger partial charge in [0.2, 0.25) is 5.37 Å². The lowest BCUT2D eigenvalue weighted by Gasteiger charge is -2.00. The van der Waals surface area contributed by atoms with E-state index >= 15 is 0 Å². The van der Waals surface area contributed by atoms with Crippen molar-refractivity contribution in [2.45, 2.75) is 5.37 Å². The first-order valence-electron chi connectivity index (χ1n) is 2.03. The van der Waals surface area contributed by atoms with E-state index in [1.807, 2.05) is 0 Å². The quantitative estimate of drug-likeness (QED) is 0.498. The second kappa shape index (κ2) is 2.32. The second-order valence-corrected chi connectivity index (χ2v) is 3.76. The largest absolute Gasteiger partial charge is 0.479 e. The molecule has 0 aromatic heterocycles. The van der Waals surface area contributed by atoms with Gasteiger partial charge in [0, 0.05) is 6.26 Å². The Hall–Kier alpha value is -0.620. The average molecular weight is 153 g/mol. The average Bonchev–Trinajstić information content (AvgIpc) is 1.62. The third kappa shape index (κ3) is 2.43. The van der Waals surface area contributed by atoms with Crippen molar-refractivity contribution >= 4 is 15.8 Å². The Bertz CT molecular complexity index is 206. The topological polar surface area (TPSA) is 97.5 Å². The Labute approximate surface area is 52.4 Å². The fourth-order valence-corrected chi connectivity index (χ4v) is 0.549. The number of carboxylic acids is 1. The number of hydrogen-bond acceptors (Lipinski definition) is 4. The van der Waals surface area contributed by atoms with Crippen LogP contribution in [-0.2, 0) is 14.6 Å². The van der Waals surface area contributed by atoms with Crippen LogP contribution < -0.4 is 5.73 Å². The predicted octanol–water partition coefficient (Wildman–Crippen LogP) is -1.60. The van der Waals surface area contributed by atoms with E-state index in [1.54, 1.807) is 0 Å². The first-order chi connectivity index (χ1) is 3.85. The predicted molar refractivity (Wildman–Crippen MR) is 30.5 cm³/mol. The first-order valence-corrected chi connectivity index (χ1v) is 3.98. The molecule has 6 heteroatoms. The van der Waals surface area contributed by atoms with Crippen molar-refractivity contribution in [3.63, 3.8) is 0 Å². The van der Waals surface area contributed by atoms with Crippen LogP contribution in [0.15, 0.2) is 0 Å². The summed E-state index contributed by atoms with van der Waals surface area (Å²) in [4.78, 5) is 9.84. The summed E-state index contributed by atoms with van der Waals surface area (Å²) in [5.41, 5.74) is 4.71. The number of hydrogen-bond donors (Lipinski definition) is 2. The molecule has 0 radical (unpaired) electrons. The van der Waals surface area contributed by atoms with Gasteiger partial charge in [-0.15, -0.1) is 0 Å². The highest BCUT2D eigenvalue weighted by Gasteiger charge is 2.22. The Morgan fingerprint density at radius 1 is 1.67 bits per heavy atom. The molecule has 0 saturated heterocycles. The molecule has 1 atom stereocenters. The molecule has 0 aromatic rings. The third-order valence-electron chi connectivity index (χ3n) is 0.705. The van der Waals surface area contributed by atoms with Crippen molar-refractivity contribution in [3.05, 3.63) is 0 Å². The van der Waals surface area contributed by atoms with Crippen LogP contribution in [0.3, 0.4) is 0 Å². The monoisotopic (exact) mass is 153 g/mol. The zero-order chi connectivity index (χ0) is 7.65. The number of sulfone groups is 1. The van der Waals surface area contributed by atoms with E-state index in [1.165, 1.54) is 0 Å². The summed E-state index contributed by atoms with van der Waals surface area (Å²) in [6.45, 7) is 0. The molecule has 1 unspecified atom stereocenters. The Balaban J connectivity index is 4.43. The van der Waals surface area contributed by atoms with Gasteiger partial charge in [0.15, 0.2) is 9.84 Å². The second-order valence-electron chi connectivity index (χ2n) is 1.59. The van der Waals surface area contributed by atoms with Crippen molar-refractivity contribution < 1.29 is 18.3 Å². The molecule has 54 valence electrons. The maximum absolute atomic E-state index is 10.3. The van der Waals surface area contributed by atoms with Gasteiger partial charge in [0.1, 0.15) is 0 Å². The molecule has 0 aromatic carbocycles. The molecule has 9 heavy (non-hydrogen) atoms. The number of nitrogens with two attached hydrogens (primary N) is 1. The van der Waals surface area contributed by atoms with Crippen molar-refractivity contribution in [1.29, 1.82) is 0 Å². The fraction of sp³-hybridized carbons (Fsp3) is 0.667. The van der Waals surface area contributed by atoms with Gasteiger partial charge in [-0.1, -0.05) is 0 Å². The number of carboxylic acid groups (broad SMARTS) is 1. The van der Waals surface area contributed by atoms with Crippen LogP contribution in [0.4, 0.5) is 0 Å². The van der Waals surface area contributed by atoms with E-state index in [9.17, 15) is 13.2 Å². The zero-order valence-corrected chi connectivity index (χ0v) is 5.55. The third-order valence-corrected chi connectivity index (χ3v) is 1.83. The molecule has 0 rings (SSSR count). The Morgan fingerprint density at radius 2 is 2.00 bits per heavy atom. The minimum absolute atomic E-state index is 0.770. The van der Waals surface area contributed by atoms with Crippen LogP contribution in [-0.4, -0.2) is 31.1 Å². The summed E-state index contributed by atoms with van der Waals surface area (Å²) in [7, 11) is -3.62. The summed E-state index contributed by atoms with van der Waals surface area (Å²) in [6, 6.07) is 0. The minimum atomic E-state index is -3.62. The van der Waals surface area contributed by atoms with Gasteiger partial charge < -0.3 is 10.8 Å². The van der Waals surface area contributed by atoms with Gasteiger partial charge in [-0.05, 0) is 0 Å². The molecule has 0 heterocycles. The van der Waals surface area contributed by atoms with Gasteiger partial charge in [0.05, 0.1) is 0 Å². The van der Waals surface area contributed by atoms with Gasteiger partial charge in [-0.3, -0.25) is 0 Å². The molecule has 0 amide bonds. The molecular weight excluding hydrogens is 146 g/mol. The van der Waals surface area contributed by atoms with Gasteiger partial charge in [-0.2, -0.15) is 0 Å². The highest BCUT2D eigenvalue weighted by molar-refractivity contribution is 7.92. The fourth-order valence-electron chi connectivity index (χ4n) is 0.183. The highest BCUT2D eigenvalue weighted by Crippen LogP contribution is 1.88. The molecule has 0 aliphatic rings. The SMILES string of the molecule is CS(=O)(=O)C(N)C(=O)O. The number of aliphatic carboxylic acids is 1. The van der Waals surface area contributed by atoms with Gasteiger partial charge in [-0.25, -0.2) is 13.2 Å². The Kier molecular flexibility index (Phi) is 2.16. The highest BCUT2D eigenvalue weighted by atomic mass is 32.2.